The third-order valence-corrected chi connectivity index (χ3v) is 1.80. The van der Waals surface area contributed by atoms with Gasteiger partial charge in [-0.25, -0.2) is 4.79 Å². The van der Waals surface area contributed by atoms with Gasteiger partial charge in [-0.15, -0.1) is 0 Å². The van der Waals surface area contributed by atoms with E-state index in [0.29, 0.717) is 0 Å². The summed E-state index contributed by atoms with van der Waals surface area (Å²) in [7, 11) is 1.32. The van der Waals surface area contributed by atoms with E-state index in [0.717, 1.165) is 32.1 Å². The van der Waals surface area contributed by atoms with Gasteiger partial charge in [-0.05, 0) is 19.8 Å². The molecule has 0 saturated carbocycles. The van der Waals surface area contributed by atoms with Crippen LogP contribution in [0.4, 0.5) is 0 Å². The second-order valence-corrected chi connectivity index (χ2v) is 3.24. The Hall–Kier alpha value is -1.01. The number of carbonyl (C=O) groups is 1. The molecule has 0 aliphatic carbocycles. The molecule has 0 heterocycles. The quantitative estimate of drug-likeness (QED) is 0.315. The van der Waals surface area contributed by atoms with Crippen molar-refractivity contribution < 1.29 is 14.6 Å². The number of rotatable bonds is 5. The number of hydrogen-bond acceptors (Lipinski definition) is 3. The third-order valence-electron chi connectivity index (χ3n) is 1.80. The molecule has 0 aromatic rings. The van der Waals surface area contributed by atoms with Crippen molar-refractivity contribution in [1.82, 2.24) is 0 Å². The molecule has 0 rings (SSSR count). The van der Waals surface area contributed by atoms with Gasteiger partial charge < -0.3 is 9.84 Å². The summed E-state index contributed by atoms with van der Waals surface area (Å²) >= 11 is 0. The molecule has 0 saturated heterocycles. The molecule has 0 aromatic carbocycles. The molecular weight excluding hydrogens is 180 g/mol. The maximum absolute atomic E-state index is 10.6. The zero-order valence-electron chi connectivity index (χ0n) is 8.88. The molecule has 0 aliphatic rings. The van der Waals surface area contributed by atoms with Crippen LogP contribution in [0.25, 0.3) is 0 Å². The molecule has 0 unspecified atom stereocenters. The molecule has 1 atom stereocenters. The number of methoxy groups -OCH3 is 1. The van der Waals surface area contributed by atoms with E-state index < -0.39 is 5.97 Å². The maximum Gasteiger partial charge on any atom is 0.384 e. The third kappa shape index (κ3) is 9.08. The lowest BCUT2D eigenvalue weighted by Gasteiger charge is -2.01. The summed E-state index contributed by atoms with van der Waals surface area (Å²) in [4.78, 5) is 10.6. The Balaban J connectivity index is 3.28. The molecule has 0 bridgehead atoms. The van der Waals surface area contributed by atoms with E-state index in [1.165, 1.54) is 7.11 Å². The summed E-state index contributed by atoms with van der Waals surface area (Å²) in [6.45, 7) is 1.79. The second-order valence-electron chi connectivity index (χ2n) is 3.24. The Morgan fingerprint density at radius 2 is 2.14 bits per heavy atom. The van der Waals surface area contributed by atoms with Crippen molar-refractivity contribution in [3.8, 4) is 11.8 Å². The minimum Gasteiger partial charge on any atom is -0.459 e. The Labute approximate surface area is 85.5 Å². The summed E-state index contributed by atoms with van der Waals surface area (Å²) in [6.07, 6.45) is 4.37. The van der Waals surface area contributed by atoms with Gasteiger partial charge in [-0.3, -0.25) is 0 Å². The number of aliphatic hydroxyl groups excluding tert-OH is 1. The number of hydrogen-bond donors (Lipinski definition) is 1. The first-order chi connectivity index (χ1) is 6.66. The molecule has 80 valence electrons. The van der Waals surface area contributed by atoms with E-state index in [1.807, 2.05) is 0 Å². The van der Waals surface area contributed by atoms with Crippen LogP contribution in [0.15, 0.2) is 0 Å². The minimum absolute atomic E-state index is 0.212. The lowest BCUT2D eigenvalue weighted by atomic mass is 10.1. The number of esters is 1. The monoisotopic (exact) mass is 198 g/mol. The van der Waals surface area contributed by atoms with Gasteiger partial charge in [-0.2, -0.15) is 0 Å². The molecule has 0 fully saturated rings. The van der Waals surface area contributed by atoms with Crippen LogP contribution in [-0.2, 0) is 9.53 Å². The van der Waals surface area contributed by atoms with Gasteiger partial charge in [0.25, 0.3) is 0 Å². The second kappa shape index (κ2) is 8.58. The zero-order chi connectivity index (χ0) is 10.8. The summed E-state index contributed by atoms with van der Waals surface area (Å²) in [5.74, 6) is 4.63. The first-order valence-electron chi connectivity index (χ1n) is 4.91. The SMILES string of the molecule is COC(=O)C#CCCCCC[C@@H](C)O. The summed E-state index contributed by atoms with van der Waals surface area (Å²) in [6, 6.07) is 0. The van der Waals surface area contributed by atoms with Crippen molar-refractivity contribution in [2.45, 2.75) is 45.1 Å². The number of aliphatic hydroxyl groups is 1. The standard InChI is InChI=1S/C11H18O3/c1-10(12)8-6-4-3-5-7-9-11(13)14-2/h10,12H,3-6,8H2,1-2H3/t10-/m1/s1. The van der Waals surface area contributed by atoms with Crippen molar-refractivity contribution in [3.63, 3.8) is 0 Å². The normalized spacial score (nSPS) is 11.4. The van der Waals surface area contributed by atoms with E-state index in [2.05, 4.69) is 16.6 Å². The predicted octanol–water partition coefficient (Wildman–Crippen LogP) is 1.49. The van der Waals surface area contributed by atoms with Crippen molar-refractivity contribution in [3.05, 3.63) is 0 Å². The molecule has 3 nitrogen and oxygen atoms in total. The lowest BCUT2D eigenvalue weighted by Crippen LogP contribution is -1.98. The molecule has 0 aliphatic heterocycles. The summed E-state index contributed by atoms with van der Waals surface area (Å²) in [5, 5.41) is 8.97. The van der Waals surface area contributed by atoms with Gasteiger partial charge in [-0.1, -0.05) is 18.8 Å². The lowest BCUT2D eigenvalue weighted by molar-refractivity contribution is -0.133. The molecular formula is C11H18O3. The van der Waals surface area contributed by atoms with Crippen molar-refractivity contribution >= 4 is 5.97 Å². The van der Waals surface area contributed by atoms with E-state index in [1.54, 1.807) is 6.92 Å². The Morgan fingerprint density at radius 1 is 1.43 bits per heavy atom. The molecule has 0 radical (unpaired) electrons. The van der Waals surface area contributed by atoms with Gasteiger partial charge >= 0.3 is 5.97 Å². The summed E-state index contributed by atoms with van der Waals surface area (Å²) in [5.41, 5.74) is 0. The number of unbranched alkanes of at least 4 members (excludes halogenated alkanes) is 3. The Bertz CT molecular complexity index is 210. The van der Waals surface area contributed by atoms with Crippen LogP contribution in [0, 0.1) is 11.8 Å². The predicted molar refractivity (Wildman–Crippen MR) is 54.6 cm³/mol. The fraction of sp³-hybridized carbons (Fsp3) is 0.727. The maximum atomic E-state index is 10.6. The van der Waals surface area contributed by atoms with E-state index in [4.69, 9.17) is 5.11 Å². The van der Waals surface area contributed by atoms with Crippen LogP contribution in [0.2, 0.25) is 0 Å². The van der Waals surface area contributed by atoms with Gasteiger partial charge in [0.15, 0.2) is 0 Å². The summed E-state index contributed by atoms with van der Waals surface area (Å²) < 4.78 is 4.36. The molecule has 14 heavy (non-hydrogen) atoms. The van der Waals surface area contributed by atoms with Crippen molar-refractivity contribution in [2.24, 2.45) is 0 Å². The van der Waals surface area contributed by atoms with Gasteiger partial charge in [0.2, 0.25) is 0 Å². The fourth-order valence-electron chi connectivity index (χ4n) is 1.02. The van der Waals surface area contributed by atoms with Gasteiger partial charge in [0.05, 0.1) is 13.2 Å². The van der Waals surface area contributed by atoms with Crippen LogP contribution in [0.5, 0.6) is 0 Å². The Kier molecular flexibility index (Phi) is 7.96. The highest BCUT2D eigenvalue weighted by atomic mass is 16.5. The van der Waals surface area contributed by atoms with E-state index in [-0.39, 0.29) is 6.10 Å². The van der Waals surface area contributed by atoms with Crippen LogP contribution < -0.4 is 0 Å². The van der Waals surface area contributed by atoms with Gasteiger partial charge in [0.1, 0.15) is 0 Å². The van der Waals surface area contributed by atoms with Crippen LogP contribution >= 0.6 is 0 Å². The first kappa shape index (κ1) is 13.0. The van der Waals surface area contributed by atoms with Crippen molar-refractivity contribution in [2.75, 3.05) is 7.11 Å². The largest absolute Gasteiger partial charge is 0.459 e. The average molecular weight is 198 g/mol. The van der Waals surface area contributed by atoms with Crippen LogP contribution in [0.1, 0.15) is 39.0 Å². The molecule has 3 heteroatoms. The highest BCUT2D eigenvalue weighted by Gasteiger charge is 1.94. The van der Waals surface area contributed by atoms with Crippen molar-refractivity contribution in [1.29, 1.82) is 0 Å². The van der Waals surface area contributed by atoms with E-state index >= 15 is 0 Å². The molecule has 0 aromatic heterocycles. The fourth-order valence-corrected chi connectivity index (χ4v) is 1.02. The topological polar surface area (TPSA) is 46.5 Å². The van der Waals surface area contributed by atoms with E-state index in [9.17, 15) is 4.79 Å². The number of ether oxygens (including phenoxy) is 1. The highest BCUT2D eigenvalue weighted by molar-refractivity contribution is 5.88. The number of carbonyl (C=O) groups excluding carboxylic acids is 1. The molecule has 0 amide bonds. The van der Waals surface area contributed by atoms with Crippen LogP contribution in [0.3, 0.4) is 0 Å². The average Bonchev–Trinajstić information content (AvgIpc) is 2.15. The van der Waals surface area contributed by atoms with Gasteiger partial charge in [0, 0.05) is 12.3 Å². The smallest absolute Gasteiger partial charge is 0.384 e. The minimum atomic E-state index is -0.478. The highest BCUT2D eigenvalue weighted by Crippen LogP contribution is 2.04. The molecule has 1 N–H and O–H groups in total. The zero-order valence-corrected chi connectivity index (χ0v) is 8.88. The Morgan fingerprint density at radius 3 is 2.71 bits per heavy atom. The first-order valence-corrected chi connectivity index (χ1v) is 4.91. The van der Waals surface area contributed by atoms with Crippen LogP contribution in [-0.4, -0.2) is 24.3 Å². The molecule has 0 spiro atoms.